The molecule has 3 heteroatoms. The second-order valence-electron chi connectivity index (χ2n) is 5.81. The van der Waals surface area contributed by atoms with E-state index < -0.39 is 0 Å². The lowest BCUT2D eigenvalue weighted by Gasteiger charge is -2.27. The van der Waals surface area contributed by atoms with Crippen molar-refractivity contribution in [3.8, 4) is 0 Å². The molecule has 0 spiro atoms. The molecule has 2 saturated heterocycles. The second kappa shape index (κ2) is 5.03. The molecule has 2 rings (SSSR count). The van der Waals surface area contributed by atoms with Crippen molar-refractivity contribution in [3.63, 3.8) is 0 Å². The molecule has 94 valence electrons. The Morgan fingerprint density at radius 3 is 2.19 bits per heavy atom. The van der Waals surface area contributed by atoms with Gasteiger partial charge in [0.2, 0.25) is 0 Å². The van der Waals surface area contributed by atoms with E-state index in [0.29, 0.717) is 24.1 Å². The second-order valence-corrected chi connectivity index (χ2v) is 5.81. The fourth-order valence-electron chi connectivity index (χ4n) is 2.84. The Labute approximate surface area is 99.7 Å². The first-order valence-electron chi connectivity index (χ1n) is 6.67. The standard InChI is InChI=1S/C13H26N2O/c1-10(2)14-5-6-16-13-9-15(11(3)4)8-12(13)7-14/h10-13H,5-9H2,1-4H3. The van der Waals surface area contributed by atoms with Crippen LogP contribution in [0.4, 0.5) is 0 Å². The number of likely N-dealkylation sites (tertiary alicyclic amines) is 1. The summed E-state index contributed by atoms with van der Waals surface area (Å²) >= 11 is 0. The van der Waals surface area contributed by atoms with Gasteiger partial charge in [-0.25, -0.2) is 0 Å². The topological polar surface area (TPSA) is 15.7 Å². The summed E-state index contributed by atoms with van der Waals surface area (Å²) in [5.41, 5.74) is 0. The summed E-state index contributed by atoms with van der Waals surface area (Å²) in [4.78, 5) is 5.12. The van der Waals surface area contributed by atoms with E-state index in [1.165, 1.54) is 13.1 Å². The Kier molecular flexibility index (Phi) is 3.88. The van der Waals surface area contributed by atoms with Crippen LogP contribution >= 0.6 is 0 Å². The fourth-order valence-corrected chi connectivity index (χ4v) is 2.84. The summed E-state index contributed by atoms with van der Waals surface area (Å²) < 4.78 is 6.00. The van der Waals surface area contributed by atoms with Crippen molar-refractivity contribution in [3.05, 3.63) is 0 Å². The molecule has 0 saturated carbocycles. The average Bonchev–Trinajstić information content (AvgIpc) is 2.50. The molecule has 0 radical (unpaired) electrons. The van der Waals surface area contributed by atoms with Crippen LogP contribution in [0.5, 0.6) is 0 Å². The third-order valence-electron chi connectivity index (χ3n) is 4.05. The molecule has 3 nitrogen and oxygen atoms in total. The number of hydrogen-bond donors (Lipinski definition) is 0. The smallest absolute Gasteiger partial charge is 0.0755 e. The average molecular weight is 226 g/mol. The zero-order valence-corrected chi connectivity index (χ0v) is 11.1. The molecule has 2 aliphatic rings. The molecule has 0 aromatic heterocycles. The summed E-state index contributed by atoms with van der Waals surface area (Å²) in [5, 5.41) is 0. The van der Waals surface area contributed by atoms with Crippen LogP contribution in [0.2, 0.25) is 0 Å². The van der Waals surface area contributed by atoms with Crippen LogP contribution in [0.25, 0.3) is 0 Å². The largest absolute Gasteiger partial charge is 0.375 e. The molecule has 2 aliphatic heterocycles. The van der Waals surface area contributed by atoms with Gasteiger partial charge in [0.25, 0.3) is 0 Å². The molecule has 2 heterocycles. The molecule has 0 aromatic carbocycles. The van der Waals surface area contributed by atoms with Gasteiger partial charge >= 0.3 is 0 Å². The molecule has 0 amide bonds. The first-order chi connectivity index (χ1) is 7.58. The van der Waals surface area contributed by atoms with E-state index in [1.54, 1.807) is 0 Å². The van der Waals surface area contributed by atoms with Crippen molar-refractivity contribution in [2.45, 2.75) is 45.9 Å². The van der Waals surface area contributed by atoms with E-state index in [0.717, 1.165) is 19.7 Å². The normalized spacial score (nSPS) is 33.4. The summed E-state index contributed by atoms with van der Waals surface area (Å²) in [6.07, 6.45) is 0.478. The van der Waals surface area contributed by atoms with Crippen LogP contribution in [0, 0.1) is 5.92 Å². The first-order valence-corrected chi connectivity index (χ1v) is 6.67. The summed E-state index contributed by atoms with van der Waals surface area (Å²) in [7, 11) is 0. The highest BCUT2D eigenvalue weighted by Crippen LogP contribution is 2.25. The monoisotopic (exact) mass is 226 g/mol. The van der Waals surface area contributed by atoms with E-state index >= 15 is 0 Å². The van der Waals surface area contributed by atoms with Gasteiger partial charge in [-0.1, -0.05) is 0 Å². The van der Waals surface area contributed by atoms with Crippen LogP contribution in [0.15, 0.2) is 0 Å². The molecule has 2 unspecified atom stereocenters. The number of fused-ring (bicyclic) bond motifs is 1. The lowest BCUT2D eigenvalue weighted by atomic mass is 10.1. The SMILES string of the molecule is CC(C)N1CCOC2CN(C(C)C)CC2C1. The number of rotatable bonds is 2. The molecule has 16 heavy (non-hydrogen) atoms. The van der Waals surface area contributed by atoms with E-state index in [9.17, 15) is 0 Å². The van der Waals surface area contributed by atoms with Crippen LogP contribution < -0.4 is 0 Å². The zero-order chi connectivity index (χ0) is 11.7. The van der Waals surface area contributed by atoms with Gasteiger partial charge in [0.1, 0.15) is 0 Å². The number of hydrogen-bond acceptors (Lipinski definition) is 3. The van der Waals surface area contributed by atoms with Gasteiger partial charge in [-0.05, 0) is 27.7 Å². The van der Waals surface area contributed by atoms with Gasteiger partial charge in [0.05, 0.1) is 12.7 Å². The number of ether oxygens (including phenoxy) is 1. The predicted octanol–water partition coefficient (Wildman–Crippen LogP) is 1.44. The van der Waals surface area contributed by atoms with Gasteiger partial charge < -0.3 is 4.74 Å². The highest BCUT2D eigenvalue weighted by atomic mass is 16.5. The maximum absolute atomic E-state index is 6.00. The molecule has 2 fully saturated rings. The molecule has 0 bridgehead atoms. The van der Waals surface area contributed by atoms with E-state index in [4.69, 9.17) is 4.74 Å². The maximum atomic E-state index is 6.00. The fraction of sp³-hybridized carbons (Fsp3) is 1.00. The van der Waals surface area contributed by atoms with Gasteiger partial charge in [0, 0.05) is 44.2 Å². The Hall–Kier alpha value is -0.120. The lowest BCUT2D eigenvalue weighted by molar-refractivity contribution is 0.0492. The lowest BCUT2D eigenvalue weighted by Crippen LogP contribution is -2.37. The summed E-state index contributed by atoms with van der Waals surface area (Å²) in [6.45, 7) is 14.7. The molecule has 0 aliphatic carbocycles. The number of nitrogens with zero attached hydrogens (tertiary/aromatic N) is 2. The van der Waals surface area contributed by atoms with Crippen LogP contribution in [0.3, 0.4) is 0 Å². The Morgan fingerprint density at radius 2 is 1.56 bits per heavy atom. The highest BCUT2D eigenvalue weighted by Gasteiger charge is 2.37. The van der Waals surface area contributed by atoms with Crippen LogP contribution in [-0.2, 0) is 4.74 Å². The maximum Gasteiger partial charge on any atom is 0.0755 e. The van der Waals surface area contributed by atoms with Gasteiger partial charge in [-0.3, -0.25) is 9.80 Å². The summed E-state index contributed by atoms with van der Waals surface area (Å²) in [6, 6.07) is 1.30. The van der Waals surface area contributed by atoms with Gasteiger partial charge in [-0.2, -0.15) is 0 Å². The van der Waals surface area contributed by atoms with Crippen molar-refractivity contribution < 1.29 is 4.74 Å². The van der Waals surface area contributed by atoms with Crippen molar-refractivity contribution in [2.24, 2.45) is 5.92 Å². The minimum Gasteiger partial charge on any atom is -0.375 e. The van der Waals surface area contributed by atoms with Gasteiger partial charge in [0.15, 0.2) is 0 Å². The Balaban J connectivity index is 1.97. The highest BCUT2D eigenvalue weighted by molar-refractivity contribution is 4.90. The quantitative estimate of drug-likeness (QED) is 0.708. The zero-order valence-electron chi connectivity index (χ0n) is 11.1. The van der Waals surface area contributed by atoms with Crippen LogP contribution in [-0.4, -0.2) is 60.8 Å². The minimum atomic E-state index is 0.478. The van der Waals surface area contributed by atoms with Crippen molar-refractivity contribution in [2.75, 3.05) is 32.8 Å². The third-order valence-corrected chi connectivity index (χ3v) is 4.05. The molecule has 2 atom stereocenters. The molecule has 0 aromatic rings. The summed E-state index contributed by atoms with van der Waals surface area (Å²) in [5.74, 6) is 0.715. The van der Waals surface area contributed by atoms with E-state index in [-0.39, 0.29) is 0 Å². The van der Waals surface area contributed by atoms with Crippen molar-refractivity contribution in [1.29, 1.82) is 0 Å². The Morgan fingerprint density at radius 1 is 0.938 bits per heavy atom. The molecular formula is C13H26N2O. The van der Waals surface area contributed by atoms with Gasteiger partial charge in [-0.15, -0.1) is 0 Å². The van der Waals surface area contributed by atoms with Crippen LogP contribution in [0.1, 0.15) is 27.7 Å². The third kappa shape index (κ3) is 2.58. The van der Waals surface area contributed by atoms with E-state index in [2.05, 4.69) is 37.5 Å². The predicted molar refractivity (Wildman–Crippen MR) is 66.6 cm³/mol. The molecule has 0 N–H and O–H groups in total. The van der Waals surface area contributed by atoms with Crippen molar-refractivity contribution in [1.82, 2.24) is 9.80 Å². The molecular weight excluding hydrogens is 200 g/mol. The minimum absolute atomic E-state index is 0.478. The first kappa shape index (κ1) is 12.3. The van der Waals surface area contributed by atoms with Crippen molar-refractivity contribution >= 4 is 0 Å². The van der Waals surface area contributed by atoms with E-state index in [1.807, 2.05) is 0 Å². The Bertz CT molecular complexity index is 230.